The van der Waals surface area contributed by atoms with Crippen LogP contribution < -0.4 is 21.5 Å². The number of carbonyl (C=O) groups is 1. The van der Waals surface area contributed by atoms with Gasteiger partial charge in [-0.15, -0.1) is 22.7 Å². The molecule has 8 nitrogen and oxygen atoms in total. The lowest BCUT2D eigenvalue weighted by atomic mass is 9.96. The smallest absolute Gasteiger partial charge is 0.269 e. The molecule has 0 radical (unpaired) electrons. The number of hydrogen-bond donors (Lipinski definition) is 3. The number of nitriles is 1. The van der Waals surface area contributed by atoms with Gasteiger partial charge in [-0.05, 0) is 29.7 Å². The van der Waals surface area contributed by atoms with Crippen LogP contribution in [0.2, 0.25) is 0 Å². The lowest BCUT2D eigenvalue weighted by Gasteiger charge is -2.10. The van der Waals surface area contributed by atoms with Crippen LogP contribution >= 0.6 is 22.7 Å². The maximum absolute atomic E-state index is 13.3. The largest absolute Gasteiger partial charge is 0.497 e. The number of carbonyl (C=O) groups excluding carboxylic acids is 1. The standard InChI is InChI=1S/C27H22N6O2S2/c1-3-14-7-9-15(10-8-14)20-18(12-28)24(30)32-26-21(20)22(29)23(37-26)25(34)33-27-31-19(13-36-27)16-5-4-6-17(11-16)35-2/h4-11,13H,3,29H2,1-2H3,(H2,30,32)(H,31,33,34). The first-order valence-corrected chi connectivity index (χ1v) is 13.0. The topological polar surface area (TPSA) is 140 Å². The predicted octanol–water partition coefficient (Wildman–Crippen LogP) is 5.95. The van der Waals surface area contributed by atoms with Gasteiger partial charge < -0.3 is 16.2 Å². The molecule has 2 aromatic carbocycles. The number of rotatable bonds is 6. The number of aryl methyl sites for hydroxylation is 1. The van der Waals surface area contributed by atoms with E-state index in [4.69, 9.17) is 16.2 Å². The van der Waals surface area contributed by atoms with Crippen LogP contribution in [0.4, 0.5) is 16.6 Å². The van der Waals surface area contributed by atoms with Crippen LogP contribution in [0, 0.1) is 11.3 Å². The average Bonchev–Trinajstić information content (AvgIpc) is 3.52. The van der Waals surface area contributed by atoms with Gasteiger partial charge in [-0.2, -0.15) is 5.26 Å². The van der Waals surface area contributed by atoms with Crippen LogP contribution in [0.3, 0.4) is 0 Å². The van der Waals surface area contributed by atoms with Gasteiger partial charge in [-0.1, -0.05) is 43.3 Å². The Morgan fingerprint density at radius 2 is 1.92 bits per heavy atom. The van der Waals surface area contributed by atoms with Crippen LogP contribution in [0.5, 0.6) is 5.75 Å². The molecule has 3 heterocycles. The van der Waals surface area contributed by atoms with Gasteiger partial charge in [0.05, 0.1) is 18.5 Å². The lowest BCUT2D eigenvalue weighted by molar-refractivity contribution is 0.103. The molecule has 10 heteroatoms. The normalized spacial score (nSPS) is 10.8. The number of fused-ring (bicyclic) bond motifs is 1. The molecule has 37 heavy (non-hydrogen) atoms. The highest BCUT2D eigenvalue weighted by atomic mass is 32.1. The van der Waals surface area contributed by atoms with Crippen molar-refractivity contribution in [3.63, 3.8) is 0 Å². The Labute approximate surface area is 221 Å². The highest BCUT2D eigenvalue weighted by molar-refractivity contribution is 7.21. The molecule has 0 saturated carbocycles. The number of hydrogen-bond acceptors (Lipinski definition) is 9. The molecule has 0 aliphatic heterocycles. The van der Waals surface area contributed by atoms with Crippen molar-refractivity contribution in [2.24, 2.45) is 0 Å². The molecule has 0 aliphatic rings. The highest BCUT2D eigenvalue weighted by Crippen LogP contribution is 2.43. The molecule has 184 valence electrons. The first-order chi connectivity index (χ1) is 17.9. The van der Waals surface area contributed by atoms with Crippen molar-refractivity contribution < 1.29 is 9.53 Å². The summed E-state index contributed by atoms with van der Waals surface area (Å²) in [7, 11) is 1.61. The summed E-state index contributed by atoms with van der Waals surface area (Å²) < 4.78 is 5.28. The number of aromatic nitrogens is 2. The summed E-state index contributed by atoms with van der Waals surface area (Å²) in [4.78, 5) is 23.0. The van der Waals surface area contributed by atoms with Crippen LogP contribution in [-0.4, -0.2) is 23.0 Å². The number of ether oxygens (including phenoxy) is 1. The molecule has 0 saturated heterocycles. The number of nitrogens with one attached hydrogen (secondary N) is 1. The Morgan fingerprint density at radius 1 is 1.14 bits per heavy atom. The molecule has 5 N–H and O–H groups in total. The van der Waals surface area contributed by atoms with Gasteiger partial charge in [-0.3, -0.25) is 10.1 Å². The van der Waals surface area contributed by atoms with Crippen molar-refractivity contribution in [1.29, 1.82) is 5.26 Å². The molecular formula is C27H22N6O2S2. The van der Waals surface area contributed by atoms with Crippen molar-refractivity contribution in [2.45, 2.75) is 13.3 Å². The van der Waals surface area contributed by atoms with Gasteiger partial charge in [-0.25, -0.2) is 9.97 Å². The number of nitrogens with zero attached hydrogens (tertiary/aromatic N) is 3. The number of nitrogens with two attached hydrogens (primary N) is 2. The number of thiazole rings is 1. The minimum absolute atomic E-state index is 0.0978. The minimum atomic E-state index is -0.406. The Morgan fingerprint density at radius 3 is 2.62 bits per heavy atom. The number of methoxy groups -OCH3 is 1. The number of benzene rings is 2. The van der Waals surface area contributed by atoms with Gasteiger partial charge in [0.15, 0.2) is 5.13 Å². The molecule has 3 aromatic heterocycles. The van der Waals surface area contributed by atoms with Gasteiger partial charge >= 0.3 is 0 Å². The number of amides is 1. The summed E-state index contributed by atoms with van der Waals surface area (Å²) in [6.45, 7) is 2.07. The Bertz CT molecular complexity index is 1680. The van der Waals surface area contributed by atoms with E-state index in [1.54, 1.807) is 7.11 Å². The molecule has 5 rings (SSSR count). The Balaban J connectivity index is 1.53. The van der Waals surface area contributed by atoms with Crippen LogP contribution in [0.1, 0.15) is 27.7 Å². The van der Waals surface area contributed by atoms with Crippen molar-refractivity contribution in [1.82, 2.24) is 9.97 Å². The summed E-state index contributed by atoms with van der Waals surface area (Å²) in [5, 5.41) is 15.5. The van der Waals surface area contributed by atoms with Gasteiger partial charge in [0, 0.05) is 21.9 Å². The molecule has 0 fully saturated rings. The van der Waals surface area contributed by atoms with E-state index in [2.05, 4.69) is 28.3 Å². The third-order valence-corrected chi connectivity index (χ3v) is 7.82. The van der Waals surface area contributed by atoms with E-state index in [9.17, 15) is 10.1 Å². The highest BCUT2D eigenvalue weighted by Gasteiger charge is 2.25. The summed E-state index contributed by atoms with van der Waals surface area (Å²) in [6, 6.07) is 17.5. The van der Waals surface area contributed by atoms with Crippen molar-refractivity contribution in [3.05, 3.63) is 69.9 Å². The summed E-state index contributed by atoms with van der Waals surface area (Å²) >= 11 is 2.44. The Hall–Kier alpha value is -4.46. The van der Waals surface area contributed by atoms with E-state index in [-0.39, 0.29) is 21.9 Å². The van der Waals surface area contributed by atoms with Crippen LogP contribution in [0.25, 0.3) is 32.6 Å². The Kier molecular flexibility index (Phi) is 6.48. The van der Waals surface area contributed by atoms with Gasteiger partial charge in [0.25, 0.3) is 5.91 Å². The first kappa shape index (κ1) is 24.2. The summed E-state index contributed by atoms with van der Waals surface area (Å²) in [5.74, 6) is 0.412. The molecular weight excluding hydrogens is 504 g/mol. The monoisotopic (exact) mass is 526 g/mol. The van der Waals surface area contributed by atoms with E-state index in [0.29, 0.717) is 20.9 Å². The van der Waals surface area contributed by atoms with E-state index in [1.807, 2.05) is 53.9 Å². The zero-order valence-corrected chi connectivity index (χ0v) is 21.7. The quantitative estimate of drug-likeness (QED) is 0.248. The fraction of sp³-hybridized carbons (Fsp3) is 0.111. The second-order valence-electron chi connectivity index (χ2n) is 8.16. The second-order valence-corrected chi connectivity index (χ2v) is 10.0. The maximum Gasteiger partial charge on any atom is 0.269 e. The van der Waals surface area contributed by atoms with E-state index in [0.717, 1.165) is 45.9 Å². The molecule has 0 bridgehead atoms. The minimum Gasteiger partial charge on any atom is -0.497 e. The molecule has 0 spiro atoms. The molecule has 1 amide bonds. The van der Waals surface area contributed by atoms with Crippen molar-refractivity contribution >= 4 is 55.4 Å². The van der Waals surface area contributed by atoms with Gasteiger partial charge in [0.1, 0.15) is 32.9 Å². The fourth-order valence-corrected chi connectivity index (χ4v) is 5.77. The first-order valence-electron chi connectivity index (χ1n) is 11.4. The SMILES string of the molecule is CCc1ccc(-c2c(C#N)c(N)nc3sc(C(=O)Nc4nc(-c5cccc(OC)c5)cs4)c(N)c23)cc1. The fourth-order valence-electron chi connectivity index (χ4n) is 4.05. The molecule has 0 aliphatic carbocycles. The lowest BCUT2D eigenvalue weighted by Crippen LogP contribution is -2.11. The third-order valence-electron chi connectivity index (χ3n) is 5.96. The zero-order chi connectivity index (χ0) is 26.1. The van der Waals surface area contributed by atoms with Gasteiger partial charge in [0.2, 0.25) is 0 Å². The van der Waals surface area contributed by atoms with Crippen molar-refractivity contribution in [2.75, 3.05) is 23.9 Å². The predicted molar refractivity (Wildman–Crippen MR) is 150 cm³/mol. The molecule has 5 aromatic rings. The third kappa shape index (κ3) is 4.46. The van der Waals surface area contributed by atoms with Crippen LogP contribution in [-0.2, 0) is 6.42 Å². The molecule has 0 atom stereocenters. The summed E-state index contributed by atoms with van der Waals surface area (Å²) in [6.07, 6.45) is 0.889. The van der Waals surface area contributed by atoms with E-state index in [1.165, 1.54) is 11.3 Å². The second kappa shape index (κ2) is 9.89. The van der Waals surface area contributed by atoms with E-state index < -0.39 is 5.91 Å². The number of thiophene rings is 1. The molecule has 0 unspecified atom stereocenters. The van der Waals surface area contributed by atoms with Crippen molar-refractivity contribution in [3.8, 4) is 34.2 Å². The number of anilines is 3. The number of pyridine rings is 1. The zero-order valence-electron chi connectivity index (χ0n) is 20.0. The van der Waals surface area contributed by atoms with Crippen LogP contribution in [0.15, 0.2) is 53.9 Å². The average molecular weight is 527 g/mol. The summed E-state index contributed by atoms with van der Waals surface area (Å²) in [5.41, 5.74) is 17.3. The number of nitrogen functional groups attached to an aromatic ring is 2. The maximum atomic E-state index is 13.3. The van der Waals surface area contributed by atoms with E-state index >= 15 is 0 Å².